The minimum Gasteiger partial charge on any atom is -0.388 e. The Morgan fingerprint density at radius 3 is 2.89 bits per heavy atom. The molecule has 19 heavy (non-hydrogen) atoms. The molecular formula is C11H16N4O2S2. The van der Waals surface area contributed by atoms with E-state index in [1.807, 2.05) is 6.92 Å². The average Bonchev–Trinajstić information content (AvgIpc) is 2.65. The fourth-order valence-electron chi connectivity index (χ4n) is 2.04. The highest BCUT2D eigenvalue weighted by molar-refractivity contribution is 7.91. The molecule has 2 heterocycles. The molecule has 0 aliphatic carbocycles. The summed E-state index contributed by atoms with van der Waals surface area (Å²) in [5.41, 5.74) is 6.82. The van der Waals surface area contributed by atoms with Crippen LogP contribution in [-0.4, -0.2) is 41.4 Å². The predicted octanol–water partition coefficient (Wildman–Crippen LogP) is 0.266. The van der Waals surface area contributed by atoms with E-state index in [-0.39, 0.29) is 22.4 Å². The first-order chi connectivity index (χ1) is 8.85. The maximum Gasteiger partial charge on any atom is 0.223 e. The fourth-order valence-corrected chi connectivity index (χ4v) is 4.01. The molecule has 0 aromatic carbocycles. The Morgan fingerprint density at radius 2 is 2.32 bits per heavy atom. The molecule has 1 aromatic rings. The largest absolute Gasteiger partial charge is 0.388 e. The monoisotopic (exact) mass is 300 g/mol. The summed E-state index contributed by atoms with van der Waals surface area (Å²) in [6, 6.07) is 1.72. The van der Waals surface area contributed by atoms with Crippen LogP contribution in [-0.2, 0) is 9.84 Å². The van der Waals surface area contributed by atoms with Gasteiger partial charge in [0.2, 0.25) is 5.95 Å². The molecule has 0 saturated carbocycles. The zero-order chi connectivity index (χ0) is 14.0. The van der Waals surface area contributed by atoms with E-state index >= 15 is 0 Å². The number of aryl methyl sites for hydroxylation is 1. The third-order valence-electron chi connectivity index (χ3n) is 2.98. The fraction of sp³-hybridized carbons (Fsp3) is 0.545. The van der Waals surface area contributed by atoms with Crippen LogP contribution in [0.5, 0.6) is 0 Å². The summed E-state index contributed by atoms with van der Waals surface area (Å²) in [7, 11) is -2.85. The smallest absolute Gasteiger partial charge is 0.223 e. The van der Waals surface area contributed by atoms with Crippen molar-refractivity contribution in [1.29, 1.82) is 0 Å². The van der Waals surface area contributed by atoms with Crippen LogP contribution in [0.2, 0.25) is 0 Å². The second kappa shape index (κ2) is 5.38. The number of hydrogen-bond donors (Lipinski definition) is 2. The van der Waals surface area contributed by atoms with Gasteiger partial charge in [0.15, 0.2) is 9.84 Å². The van der Waals surface area contributed by atoms with Gasteiger partial charge in [-0.25, -0.2) is 18.4 Å². The molecule has 104 valence electrons. The maximum atomic E-state index is 11.4. The number of hydrogen-bond acceptors (Lipinski definition) is 6. The molecule has 1 aliphatic rings. The van der Waals surface area contributed by atoms with Gasteiger partial charge in [-0.15, -0.1) is 0 Å². The minimum absolute atomic E-state index is 0.113. The molecule has 3 N–H and O–H groups in total. The zero-order valence-corrected chi connectivity index (χ0v) is 12.2. The lowest BCUT2D eigenvalue weighted by molar-refractivity contribution is 0.595. The summed E-state index contributed by atoms with van der Waals surface area (Å²) >= 11 is 4.88. The Labute approximate surface area is 117 Å². The van der Waals surface area contributed by atoms with E-state index in [1.165, 1.54) is 0 Å². The third-order valence-corrected chi connectivity index (χ3v) is 5.03. The lowest BCUT2D eigenvalue weighted by Crippen LogP contribution is -2.19. The Morgan fingerprint density at radius 1 is 1.58 bits per heavy atom. The van der Waals surface area contributed by atoms with E-state index < -0.39 is 9.84 Å². The summed E-state index contributed by atoms with van der Waals surface area (Å²) in [5.74, 6) is 1.05. The van der Waals surface area contributed by atoms with Gasteiger partial charge in [-0.3, -0.25) is 0 Å². The zero-order valence-electron chi connectivity index (χ0n) is 10.6. The van der Waals surface area contributed by atoms with Crippen molar-refractivity contribution in [3.8, 4) is 0 Å². The number of nitrogens with zero attached hydrogens (tertiary/aromatic N) is 2. The molecule has 0 amide bonds. The highest BCUT2D eigenvalue weighted by Crippen LogP contribution is 2.18. The molecule has 2 rings (SSSR count). The number of anilines is 1. The van der Waals surface area contributed by atoms with Crippen LogP contribution in [0.3, 0.4) is 0 Å². The van der Waals surface area contributed by atoms with Crippen LogP contribution in [0.15, 0.2) is 6.07 Å². The molecule has 6 nitrogen and oxygen atoms in total. The Balaban J connectivity index is 2.02. The van der Waals surface area contributed by atoms with Crippen molar-refractivity contribution < 1.29 is 8.42 Å². The van der Waals surface area contributed by atoms with E-state index in [1.54, 1.807) is 6.07 Å². The molecule has 1 aliphatic heterocycles. The van der Waals surface area contributed by atoms with Crippen molar-refractivity contribution in [3.63, 3.8) is 0 Å². The standard InChI is InChI=1S/C11H16N4O2S2/c1-7-4-9(10(12)18)15-11(14-7)13-5-8-2-3-19(16,17)6-8/h4,8H,2-3,5-6H2,1H3,(H2,12,18)(H,13,14,15). The van der Waals surface area contributed by atoms with Crippen molar-refractivity contribution >= 4 is 33.0 Å². The number of rotatable bonds is 4. The van der Waals surface area contributed by atoms with Crippen molar-refractivity contribution in [2.75, 3.05) is 23.4 Å². The Kier molecular flexibility index (Phi) is 4.00. The molecule has 1 unspecified atom stereocenters. The molecule has 1 fully saturated rings. The SMILES string of the molecule is Cc1cc(C(N)=S)nc(NCC2CCS(=O)(=O)C2)n1. The highest BCUT2D eigenvalue weighted by atomic mass is 32.2. The number of thiocarbonyl (C=S) groups is 1. The lowest BCUT2D eigenvalue weighted by Gasteiger charge is -2.10. The molecule has 0 radical (unpaired) electrons. The summed E-state index contributed by atoms with van der Waals surface area (Å²) in [6.07, 6.45) is 0.684. The lowest BCUT2D eigenvalue weighted by atomic mass is 10.1. The molecule has 8 heteroatoms. The van der Waals surface area contributed by atoms with Gasteiger partial charge in [0.25, 0.3) is 0 Å². The molecule has 1 atom stereocenters. The van der Waals surface area contributed by atoms with Gasteiger partial charge in [0.05, 0.1) is 11.5 Å². The summed E-state index contributed by atoms with van der Waals surface area (Å²) < 4.78 is 22.7. The van der Waals surface area contributed by atoms with E-state index in [0.29, 0.717) is 24.6 Å². The van der Waals surface area contributed by atoms with Gasteiger partial charge >= 0.3 is 0 Å². The summed E-state index contributed by atoms with van der Waals surface area (Å²) in [6.45, 7) is 2.37. The van der Waals surface area contributed by atoms with Crippen LogP contribution in [0.4, 0.5) is 5.95 Å². The number of nitrogens with one attached hydrogen (secondary N) is 1. The quantitative estimate of drug-likeness (QED) is 0.770. The second-order valence-electron chi connectivity index (χ2n) is 4.73. The first kappa shape index (κ1) is 14.1. The van der Waals surface area contributed by atoms with Gasteiger partial charge in [-0.2, -0.15) is 0 Å². The van der Waals surface area contributed by atoms with E-state index in [2.05, 4.69) is 15.3 Å². The van der Waals surface area contributed by atoms with Gasteiger partial charge in [-0.05, 0) is 25.3 Å². The average molecular weight is 300 g/mol. The van der Waals surface area contributed by atoms with Crippen molar-refractivity contribution in [1.82, 2.24) is 9.97 Å². The molecular weight excluding hydrogens is 284 g/mol. The topological polar surface area (TPSA) is 98.0 Å². The van der Waals surface area contributed by atoms with Gasteiger partial charge in [0.1, 0.15) is 10.7 Å². The van der Waals surface area contributed by atoms with Crippen LogP contribution in [0.25, 0.3) is 0 Å². The van der Waals surface area contributed by atoms with Crippen molar-refractivity contribution in [2.45, 2.75) is 13.3 Å². The van der Waals surface area contributed by atoms with Crippen LogP contribution < -0.4 is 11.1 Å². The number of aromatic nitrogens is 2. The van der Waals surface area contributed by atoms with Crippen LogP contribution >= 0.6 is 12.2 Å². The Bertz CT molecular complexity index is 601. The predicted molar refractivity (Wildman–Crippen MR) is 77.9 cm³/mol. The molecule has 0 spiro atoms. The van der Waals surface area contributed by atoms with Crippen molar-refractivity contribution in [3.05, 3.63) is 17.5 Å². The van der Waals surface area contributed by atoms with E-state index in [9.17, 15) is 8.42 Å². The van der Waals surface area contributed by atoms with Gasteiger partial charge < -0.3 is 11.1 Å². The summed E-state index contributed by atoms with van der Waals surface area (Å²) in [5, 5.41) is 3.06. The normalized spacial score (nSPS) is 21.2. The maximum absolute atomic E-state index is 11.4. The number of sulfone groups is 1. The van der Waals surface area contributed by atoms with Crippen molar-refractivity contribution in [2.24, 2.45) is 11.7 Å². The van der Waals surface area contributed by atoms with E-state index in [4.69, 9.17) is 18.0 Å². The summed E-state index contributed by atoms with van der Waals surface area (Å²) in [4.78, 5) is 8.64. The number of nitrogens with two attached hydrogens (primary N) is 1. The third kappa shape index (κ3) is 3.84. The van der Waals surface area contributed by atoms with Gasteiger partial charge in [0, 0.05) is 12.2 Å². The highest BCUT2D eigenvalue weighted by Gasteiger charge is 2.27. The molecule has 1 saturated heterocycles. The first-order valence-corrected chi connectivity index (χ1v) is 8.18. The van der Waals surface area contributed by atoms with E-state index in [0.717, 1.165) is 5.69 Å². The van der Waals surface area contributed by atoms with Gasteiger partial charge in [-0.1, -0.05) is 12.2 Å². The minimum atomic E-state index is -2.85. The van der Waals surface area contributed by atoms with Crippen LogP contribution in [0, 0.1) is 12.8 Å². The van der Waals surface area contributed by atoms with Crippen LogP contribution in [0.1, 0.15) is 17.8 Å². The Hall–Kier alpha value is -1.28. The second-order valence-corrected chi connectivity index (χ2v) is 7.40. The molecule has 0 bridgehead atoms. The molecule has 1 aromatic heterocycles. The first-order valence-electron chi connectivity index (χ1n) is 5.95.